The van der Waals surface area contributed by atoms with Crippen LogP contribution in [0.2, 0.25) is 0 Å². The quantitative estimate of drug-likeness (QED) is 0.0670. The molecule has 0 aliphatic carbocycles. The predicted octanol–water partition coefficient (Wildman–Crippen LogP) is 3.45. The van der Waals surface area contributed by atoms with Gasteiger partial charge in [0.05, 0.1) is 19.8 Å². The molecule has 12 nitrogen and oxygen atoms in total. The second-order valence-corrected chi connectivity index (χ2v) is 11.8. The Labute approximate surface area is 246 Å². The molecule has 0 spiro atoms. The smallest absolute Gasteiger partial charge is 0.397 e. The van der Waals surface area contributed by atoms with Crippen LogP contribution in [0, 0.1) is 0 Å². The monoisotopic (exact) mass is 614 g/mol. The third-order valence-electron chi connectivity index (χ3n) is 6.98. The minimum Gasteiger partial charge on any atom is -0.457 e. The van der Waals surface area contributed by atoms with Gasteiger partial charge in [0.15, 0.2) is 6.29 Å². The van der Waals surface area contributed by atoms with Gasteiger partial charge >= 0.3 is 16.4 Å². The fourth-order valence-electron chi connectivity index (χ4n) is 4.59. The Bertz CT molecular complexity index is 765. The Morgan fingerprint density at radius 1 is 0.829 bits per heavy atom. The van der Waals surface area contributed by atoms with Gasteiger partial charge in [-0.3, -0.25) is 9.35 Å². The van der Waals surface area contributed by atoms with Gasteiger partial charge in [0.2, 0.25) is 0 Å². The molecular weight excluding hydrogens is 560 g/mol. The van der Waals surface area contributed by atoms with E-state index in [1.54, 1.807) is 0 Å². The number of aliphatic hydroxyl groups excluding tert-OH is 3. The fraction of sp³-hybridized carbons (Fsp3) is 0.964. The SMILES string of the molecule is CCCCCCCCCCCCCCOCC(COC1OC(CO)C(O)C(OS(=O)(=O)O)C1O)OC(=O)CCCC. The zero-order chi connectivity index (χ0) is 30.5. The third-order valence-corrected chi connectivity index (χ3v) is 7.44. The predicted molar refractivity (Wildman–Crippen MR) is 151 cm³/mol. The summed E-state index contributed by atoms with van der Waals surface area (Å²) in [4.78, 5) is 12.2. The average Bonchev–Trinajstić information content (AvgIpc) is 2.93. The topological polar surface area (TPSA) is 178 Å². The van der Waals surface area contributed by atoms with Gasteiger partial charge in [-0.05, 0) is 12.8 Å². The number of esters is 1. The summed E-state index contributed by atoms with van der Waals surface area (Å²) in [5, 5.41) is 30.1. The highest BCUT2D eigenvalue weighted by atomic mass is 32.3. The van der Waals surface area contributed by atoms with Gasteiger partial charge in [-0.1, -0.05) is 90.9 Å². The van der Waals surface area contributed by atoms with Crippen LogP contribution in [-0.2, 0) is 38.3 Å². The number of carbonyl (C=O) groups is 1. The normalized spacial score (nSPS) is 23.9. The zero-order valence-corrected chi connectivity index (χ0v) is 25.7. The van der Waals surface area contributed by atoms with Crippen molar-refractivity contribution in [3.63, 3.8) is 0 Å². The number of hydrogen-bond donors (Lipinski definition) is 4. The summed E-state index contributed by atoms with van der Waals surface area (Å²) < 4.78 is 57.8. The van der Waals surface area contributed by atoms with Crippen molar-refractivity contribution in [1.82, 2.24) is 0 Å². The van der Waals surface area contributed by atoms with E-state index in [1.807, 2.05) is 6.92 Å². The Hall–Kier alpha value is -0.900. The minimum atomic E-state index is -5.04. The second kappa shape index (κ2) is 22.6. The molecule has 6 atom stereocenters. The van der Waals surface area contributed by atoms with E-state index in [0.717, 1.165) is 25.7 Å². The average molecular weight is 615 g/mol. The number of rotatable bonds is 25. The van der Waals surface area contributed by atoms with Gasteiger partial charge in [0.25, 0.3) is 0 Å². The number of unbranched alkanes of at least 4 members (excludes halogenated alkanes) is 12. The van der Waals surface area contributed by atoms with Crippen molar-refractivity contribution < 1.29 is 56.2 Å². The molecule has 4 N–H and O–H groups in total. The molecule has 0 saturated carbocycles. The molecule has 13 heteroatoms. The number of ether oxygens (including phenoxy) is 4. The molecule has 1 aliphatic rings. The summed E-state index contributed by atoms with van der Waals surface area (Å²) in [5.74, 6) is -0.434. The van der Waals surface area contributed by atoms with Gasteiger partial charge in [0, 0.05) is 13.0 Å². The molecule has 1 aliphatic heterocycles. The molecular formula is C28H54O12S. The first-order valence-corrected chi connectivity index (χ1v) is 16.7. The van der Waals surface area contributed by atoms with Crippen LogP contribution in [-0.4, -0.2) is 97.5 Å². The van der Waals surface area contributed by atoms with E-state index < -0.39 is 59.8 Å². The van der Waals surface area contributed by atoms with E-state index in [0.29, 0.717) is 13.0 Å². The van der Waals surface area contributed by atoms with Crippen LogP contribution < -0.4 is 0 Å². The van der Waals surface area contributed by atoms with Crippen LogP contribution in [0.4, 0.5) is 0 Å². The lowest BCUT2D eigenvalue weighted by Gasteiger charge is -2.41. The Balaban J connectivity index is 2.46. The van der Waals surface area contributed by atoms with Gasteiger partial charge in [-0.25, -0.2) is 4.18 Å². The van der Waals surface area contributed by atoms with E-state index >= 15 is 0 Å². The molecule has 1 fully saturated rings. The summed E-state index contributed by atoms with van der Waals surface area (Å²) in [7, 11) is -5.04. The van der Waals surface area contributed by atoms with E-state index in [4.69, 9.17) is 23.5 Å². The van der Waals surface area contributed by atoms with Gasteiger partial charge in [-0.15, -0.1) is 0 Å². The van der Waals surface area contributed by atoms with Gasteiger partial charge in [0.1, 0.15) is 30.5 Å². The first kappa shape index (κ1) is 38.1. The molecule has 6 unspecified atom stereocenters. The Kier molecular flexibility index (Phi) is 21.0. The highest BCUT2D eigenvalue weighted by Crippen LogP contribution is 2.26. The lowest BCUT2D eigenvalue weighted by molar-refractivity contribution is -0.301. The Morgan fingerprint density at radius 3 is 1.93 bits per heavy atom. The summed E-state index contributed by atoms with van der Waals surface area (Å²) >= 11 is 0. The lowest BCUT2D eigenvalue weighted by Crippen LogP contribution is -2.60. The molecule has 244 valence electrons. The van der Waals surface area contributed by atoms with Crippen molar-refractivity contribution >= 4 is 16.4 Å². The summed E-state index contributed by atoms with van der Waals surface area (Å²) in [5.41, 5.74) is 0. The van der Waals surface area contributed by atoms with Crippen molar-refractivity contribution in [3.05, 3.63) is 0 Å². The van der Waals surface area contributed by atoms with Crippen molar-refractivity contribution in [1.29, 1.82) is 0 Å². The molecule has 1 heterocycles. The molecule has 1 rings (SSSR count). The maximum Gasteiger partial charge on any atom is 0.397 e. The standard InChI is InChI=1S/C28H54O12S/c1-3-5-7-8-9-10-11-12-13-14-15-16-18-36-20-22(38-24(30)17-6-4-2)21-37-28-26(32)27(40-41(33,34)35)25(31)23(19-29)39-28/h22-23,25-29,31-32H,3-21H2,1-2H3,(H,33,34,35). The molecule has 0 aromatic carbocycles. The minimum absolute atomic E-state index is 0.0374. The molecule has 0 radical (unpaired) electrons. The largest absolute Gasteiger partial charge is 0.457 e. The molecule has 1 saturated heterocycles. The zero-order valence-electron chi connectivity index (χ0n) is 24.9. The van der Waals surface area contributed by atoms with E-state index in [9.17, 15) is 28.5 Å². The third kappa shape index (κ3) is 17.7. The van der Waals surface area contributed by atoms with Crippen molar-refractivity contribution in [2.45, 2.75) is 147 Å². The highest BCUT2D eigenvalue weighted by Gasteiger charge is 2.48. The van der Waals surface area contributed by atoms with E-state index in [-0.39, 0.29) is 19.6 Å². The molecule has 0 amide bonds. The second-order valence-electron chi connectivity index (χ2n) is 10.7. The number of aliphatic hydroxyl groups is 3. The van der Waals surface area contributed by atoms with Crippen molar-refractivity contribution in [3.8, 4) is 0 Å². The Morgan fingerprint density at radius 2 is 1.39 bits per heavy atom. The lowest BCUT2D eigenvalue weighted by atomic mass is 9.99. The summed E-state index contributed by atoms with van der Waals surface area (Å²) in [6.45, 7) is 3.68. The van der Waals surface area contributed by atoms with Crippen LogP contribution in [0.5, 0.6) is 0 Å². The maximum absolute atomic E-state index is 12.2. The van der Waals surface area contributed by atoms with Gasteiger partial charge in [-0.2, -0.15) is 8.42 Å². The van der Waals surface area contributed by atoms with E-state index in [1.165, 1.54) is 57.8 Å². The number of hydrogen-bond acceptors (Lipinski definition) is 11. The molecule has 0 aromatic heterocycles. The molecule has 0 bridgehead atoms. The van der Waals surface area contributed by atoms with Crippen molar-refractivity contribution in [2.75, 3.05) is 26.4 Å². The first-order chi connectivity index (χ1) is 19.6. The first-order valence-electron chi connectivity index (χ1n) is 15.3. The highest BCUT2D eigenvalue weighted by molar-refractivity contribution is 7.80. The fourth-order valence-corrected chi connectivity index (χ4v) is 5.10. The maximum atomic E-state index is 12.2. The van der Waals surface area contributed by atoms with Crippen LogP contribution in [0.15, 0.2) is 0 Å². The van der Waals surface area contributed by atoms with Crippen LogP contribution in [0.25, 0.3) is 0 Å². The van der Waals surface area contributed by atoms with Gasteiger partial charge < -0.3 is 34.3 Å². The molecule has 0 aromatic rings. The number of carbonyl (C=O) groups excluding carboxylic acids is 1. The van der Waals surface area contributed by atoms with Crippen LogP contribution >= 0.6 is 0 Å². The van der Waals surface area contributed by atoms with Crippen molar-refractivity contribution in [2.24, 2.45) is 0 Å². The van der Waals surface area contributed by atoms with E-state index in [2.05, 4.69) is 11.1 Å². The van der Waals surface area contributed by atoms with Crippen LogP contribution in [0.1, 0.15) is 110 Å². The van der Waals surface area contributed by atoms with Crippen LogP contribution in [0.3, 0.4) is 0 Å². The summed E-state index contributed by atoms with van der Waals surface area (Å²) in [6.07, 6.45) is 7.20. The summed E-state index contributed by atoms with van der Waals surface area (Å²) in [6, 6.07) is 0. The molecule has 41 heavy (non-hydrogen) atoms.